The van der Waals surface area contributed by atoms with E-state index in [1.54, 1.807) is 42.5 Å². The Morgan fingerprint density at radius 3 is 1.65 bits per heavy atom. The topological polar surface area (TPSA) is 355 Å². The van der Waals surface area contributed by atoms with Crippen LogP contribution in [0.4, 0.5) is 4.79 Å². The molecule has 2 rings (SSSR count). The van der Waals surface area contributed by atoms with Gasteiger partial charge in [-0.25, -0.2) is 9.59 Å². The largest absolute Gasteiger partial charge is 0.481 e. The van der Waals surface area contributed by atoms with E-state index in [-0.39, 0.29) is 81.8 Å². The van der Waals surface area contributed by atoms with Crippen LogP contribution in [0.2, 0.25) is 0 Å². The minimum absolute atomic E-state index is 0.0439. The summed E-state index contributed by atoms with van der Waals surface area (Å²) in [4.78, 5) is 136. The van der Waals surface area contributed by atoms with Crippen LogP contribution in [0.5, 0.6) is 0 Å². The van der Waals surface area contributed by atoms with Crippen LogP contribution in [0.1, 0.15) is 107 Å². The summed E-state index contributed by atoms with van der Waals surface area (Å²) in [6.45, 7) is -0.415. The minimum atomic E-state index is -1.60. The van der Waals surface area contributed by atoms with E-state index in [2.05, 4.69) is 39.2 Å². The van der Waals surface area contributed by atoms with Gasteiger partial charge in [0.05, 0.1) is 24.4 Å². The Labute approximate surface area is 417 Å². The number of Topliss-reactive ketones (excluding diaryl/α,β-unsaturated/α-hetero) is 3. The molecule has 5 amide bonds. The van der Waals surface area contributed by atoms with Crippen molar-refractivity contribution in [2.75, 3.05) is 18.8 Å². The Bertz CT molecular complexity index is 2090. The zero-order valence-electron chi connectivity index (χ0n) is 39.7. The smallest absolute Gasteiger partial charge is 0.326 e. The summed E-state index contributed by atoms with van der Waals surface area (Å²) >= 11 is 3.92. The first-order chi connectivity index (χ1) is 33.8. The molecule has 11 N–H and O–H groups in total. The number of carboxylic acid groups (broad SMARTS) is 4. The number of aliphatic carboxylic acids is 4. The number of carboxylic acids is 4. The molecular formula is C49H68N6O15S. The van der Waals surface area contributed by atoms with Crippen molar-refractivity contribution in [3.63, 3.8) is 0 Å². The fourth-order valence-corrected chi connectivity index (χ4v) is 7.60. The fourth-order valence-electron chi connectivity index (χ4n) is 7.32. The molecular weight excluding hydrogens is 945 g/mol. The number of amides is 5. The van der Waals surface area contributed by atoms with E-state index in [9.17, 15) is 68.1 Å². The quantitative estimate of drug-likeness (QED) is 0.0340. The second-order valence-corrected chi connectivity index (χ2v) is 17.6. The molecule has 0 spiro atoms. The van der Waals surface area contributed by atoms with E-state index in [4.69, 9.17) is 10.8 Å². The molecule has 0 aliphatic carbocycles. The number of nitrogens with one attached hydrogen (secondary N) is 5. The predicted molar refractivity (Wildman–Crippen MR) is 261 cm³/mol. The summed E-state index contributed by atoms with van der Waals surface area (Å²) < 4.78 is 0. The highest BCUT2D eigenvalue weighted by atomic mass is 32.1. The van der Waals surface area contributed by atoms with E-state index in [0.717, 1.165) is 30.4 Å². The molecule has 21 nitrogen and oxygen atoms in total. The molecule has 0 fully saturated rings. The molecule has 0 heterocycles. The Kier molecular flexibility index (Phi) is 28.8. The molecule has 0 aliphatic rings. The van der Waals surface area contributed by atoms with E-state index >= 15 is 0 Å². The molecule has 22 heteroatoms. The van der Waals surface area contributed by atoms with Gasteiger partial charge in [-0.15, -0.1) is 0 Å². The summed E-state index contributed by atoms with van der Waals surface area (Å²) in [7, 11) is 0. The SMILES string of the molecule is N[C@@H](CNC(=O)[C@@H](CC(=O)[C@H](Cc1ccccc1)NC(=O)CCCCCCCCC(=O)CC[C@H](NC(=O)NCCCC(=O)O)C(=O)O)Cc1ccccc1)C(=O)N[C@@H](CC(=O)O)C(=O)C[C@@H](CS)C(=O)O. The highest BCUT2D eigenvalue weighted by Crippen LogP contribution is 2.18. The van der Waals surface area contributed by atoms with Crippen LogP contribution >= 0.6 is 12.6 Å². The van der Waals surface area contributed by atoms with Crippen molar-refractivity contribution in [2.45, 2.75) is 133 Å². The number of carbonyl (C=O) groups is 11. The zero-order chi connectivity index (χ0) is 52.7. The van der Waals surface area contributed by atoms with Crippen molar-refractivity contribution >= 4 is 77.6 Å². The van der Waals surface area contributed by atoms with E-state index < -0.39 is 109 Å². The van der Waals surface area contributed by atoms with Crippen molar-refractivity contribution in [3.8, 4) is 0 Å². The molecule has 0 unspecified atom stereocenters. The van der Waals surface area contributed by atoms with Crippen LogP contribution in [0.25, 0.3) is 0 Å². The molecule has 71 heavy (non-hydrogen) atoms. The van der Waals surface area contributed by atoms with Crippen molar-refractivity contribution in [2.24, 2.45) is 17.6 Å². The first kappa shape index (κ1) is 60.4. The highest BCUT2D eigenvalue weighted by Gasteiger charge is 2.32. The van der Waals surface area contributed by atoms with Gasteiger partial charge < -0.3 is 52.7 Å². The molecule has 0 saturated heterocycles. The molecule has 0 aromatic heterocycles. The van der Waals surface area contributed by atoms with Gasteiger partial charge in [-0.1, -0.05) is 86.3 Å². The van der Waals surface area contributed by atoms with Gasteiger partial charge in [-0.05, 0) is 49.7 Å². The monoisotopic (exact) mass is 1010 g/mol. The number of hydrogen-bond donors (Lipinski definition) is 11. The number of unbranched alkanes of at least 4 members (excludes halogenated alkanes) is 5. The second kappa shape index (κ2) is 33.8. The average molecular weight is 1010 g/mol. The third-order valence-electron chi connectivity index (χ3n) is 11.4. The van der Waals surface area contributed by atoms with E-state index in [1.807, 2.05) is 18.2 Å². The third-order valence-corrected chi connectivity index (χ3v) is 11.8. The maximum Gasteiger partial charge on any atom is 0.326 e. The Morgan fingerprint density at radius 1 is 0.521 bits per heavy atom. The molecule has 0 saturated carbocycles. The normalized spacial score (nSPS) is 13.4. The number of urea groups is 1. The number of thiol groups is 1. The highest BCUT2D eigenvalue weighted by molar-refractivity contribution is 7.80. The van der Waals surface area contributed by atoms with Crippen LogP contribution in [0, 0.1) is 11.8 Å². The van der Waals surface area contributed by atoms with Crippen LogP contribution in [0.15, 0.2) is 60.7 Å². The Balaban J connectivity index is 1.95. The number of rotatable bonds is 38. The van der Waals surface area contributed by atoms with Crippen LogP contribution in [0.3, 0.4) is 0 Å². The van der Waals surface area contributed by atoms with Crippen molar-refractivity contribution < 1.29 is 73.2 Å². The van der Waals surface area contributed by atoms with Crippen molar-refractivity contribution in [1.82, 2.24) is 26.6 Å². The number of ketones is 3. The standard InChI is InChI=1S/C49H68N6O15S/c50-36(46(65)54-39(28-44(62)63)41(58)27-34(30-71)47(66)67)29-52-45(64)33(24-31-14-7-5-8-15-31)26-40(57)38(25-32-16-9-6-10-17-32)53-42(59)19-12-4-2-1-3-11-18-35(56)21-22-37(48(68)69)55-49(70)51-23-13-20-43(60)61/h5-10,14-17,33-34,36-39,71H,1-4,11-13,18-30,50H2,(H,52,64)(H,53,59)(H,54,65)(H,60,61)(H,62,63)(H,66,67)(H,68,69)(H2,51,55,70)/t33-,34+,36+,37+,38+,39+/m1/s1. The predicted octanol–water partition coefficient (Wildman–Crippen LogP) is 2.61. The fraction of sp³-hybridized carbons (Fsp3) is 0.531. The van der Waals surface area contributed by atoms with E-state index in [0.29, 0.717) is 19.3 Å². The minimum Gasteiger partial charge on any atom is -0.481 e. The molecule has 390 valence electrons. The second-order valence-electron chi connectivity index (χ2n) is 17.3. The zero-order valence-corrected chi connectivity index (χ0v) is 40.6. The number of carbonyl (C=O) groups excluding carboxylic acids is 7. The van der Waals surface area contributed by atoms with Gasteiger partial charge in [0.15, 0.2) is 11.6 Å². The molecule has 0 aliphatic heterocycles. The van der Waals surface area contributed by atoms with Crippen LogP contribution in [-0.4, -0.2) is 128 Å². The summed E-state index contributed by atoms with van der Waals surface area (Å²) in [5.74, 6) is -10.9. The maximum absolute atomic E-state index is 14.1. The van der Waals surface area contributed by atoms with Gasteiger partial charge in [0.1, 0.15) is 17.9 Å². The molecule has 2 aromatic carbocycles. The van der Waals surface area contributed by atoms with Gasteiger partial charge in [-0.2, -0.15) is 12.6 Å². The summed E-state index contributed by atoms with van der Waals surface area (Å²) in [5.41, 5.74) is 7.54. The Morgan fingerprint density at radius 2 is 1.08 bits per heavy atom. The first-order valence-corrected chi connectivity index (χ1v) is 24.2. The average Bonchev–Trinajstić information content (AvgIpc) is 3.32. The van der Waals surface area contributed by atoms with Gasteiger partial charge in [-0.3, -0.25) is 43.2 Å². The van der Waals surface area contributed by atoms with Gasteiger partial charge in [0, 0.05) is 63.3 Å². The molecule has 0 bridgehead atoms. The number of nitrogens with two attached hydrogens (primary N) is 1. The van der Waals surface area contributed by atoms with Gasteiger partial charge in [0.25, 0.3) is 0 Å². The van der Waals surface area contributed by atoms with E-state index in [1.165, 1.54) is 0 Å². The lowest BCUT2D eigenvalue weighted by Crippen LogP contribution is -2.53. The lowest BCUT2D eigenvalue weighted by Gasteiger charge is -2.23. The number of benzene rings is 2. The third kappa shape index (κ3) is 26.2. The summed E-state index contributed by atoms with van der Waals surface area (Å²) in [6, 6.07) is 11.8. The lowest BCUT2D eigenvalue weighted by atomic mass is 9.89. The number of hydrogen-bond acceptors (Lipinski definition) is 13. The van der Waals surface area contributed by atoms with Crippen LogP contribution in [-0.2, 0) is 60.8 Å². The summed E-state index contributed by atoms with van der Waals surface area (Å²) in [5, 5.41) is 49.1. The van der Waals surface area contributed by atoms with Gasteiger partial charge >= 0.3 is 29.9 Å². The van der Waals surface area contributed by atoms with Crippen molar-refractivity contribution in [1.29, 1.82) is 0 Å². The molecule has 6 atom stereocenters. The lowest BCUT2D eigenvalue weighted by molar-refractivity contribution is -0.144. The molecule has 0 radical (unpaired) electrons. The first-order valence-electron chi connectivity index (χ1n) is 23.6. The Hall–Kier alpha value is -6.68. The van der Waals surface area contributed by atoms with Crippen molar-refractivity contribution in [3.05, 3.63) is 71.8 Å². The summed E-state index contributed by atoms with van der Waals surface area (Å²) in [6.07, 6.45) is 2.83. The molecule has 2 aromatic rings. The van der Waals surface area contributed by atoms with Crippen LogP contribution < -0.4 is 32.3 Å². The van der Waals surface area contributed by atoms with Gasteiger partial charge in [0.2, 0.25) is 17.7 Å². The maximum atomic E-state index is 14.1.